The second-order valence-corrected chi connectivity index (χ2v) is 14.6. The minimum atomic E-state index is 0.592. The summed E-state index contributed by atoms with van der Waals surface area (Å²) in [6, 6.07) is 63.9. The van der Waals surface area contributed by atoms with E-state index in [0.29, 0.717) is 5.89 Å². The van der Waals surface area contributed by atoms with Gasteiger partial charge in [0.05, 0.1) is 5.39 Å². The van der Waals surface area contributed by atoms with E-state index in [1.807, 2.05) is 59.9 Å². The Morgan fingerprint density at radius 3 is 1.78 bits per heavy atom. The van der Waals surface area contributed by atoms with E-state index in [4.69, 9.17) is 13.8 Å². The summed E-state index contributed by atoms with van der Waals surface area (Å²) in [5.41, 5.74) is 11.7. The molecule has 0 unspecified atom stereocenters. The van der Waals surface area contributed by atoms with Gasteiger partial charge in [0.25, 0.3) is 0 Å². The van der Waals surface area contributed by atoms with Gasteiger partial charge < -0.3 is 13.7 Å². The molecule has 0 spiro atoms. The molecular weight excluding hydrogens is 681 g/mol. The molecule has 0 bridgehead atoms. The molecule has 0 fully saturated rings. The molecule has 0 aliphatic heterocycles. The van der Waals surface area contributed by atoms with Gasteiger partial charge in [-0.2, -0.15) is 0 Å². The lowest BCUT2D eigenvalue weighted by atomic mass is 10.0. The summed E-state index contributed by atoms with van der Waals surface area (Å²) in [6.45, 7) is 0. The minimum Gasteiger partial charge on any atom is -0.455 e. The first-order chi connectivity index (χ1) is 26.7. The molecule has 0 amide bonds. The molecule has 11 rings (SSSR count). The fourth-order valence-corrected chi connectivity index (χ4v) is 8.80. The predicted octanol–water partition coefficient (Wildman–Crippen LogP) is 14.6. The standard InChI is InChI=1S/C49H30N2O2S/c1-3-11-31(12-4-1)32-19-23-35(24-20-32)51(37-27-28-45-41(29-37)38-15-8-10-18-44(38)54-45)36-25-21-33(22-26-36)40-30-42-48(53-49(50-42)34-13-5-2-6-14-34)46-39-16-7-9-17-43(39)52-47(40)46/h1-30H. The number of rotatable bonds is 6. The molecule has 5 heteroatoms. The summed E-state index contributed by atoms with van der Waals surface area (Å²) in [7, 11) is 0. The fraction of sp³-hybridized carbons (Fsp3) is 0. The molecule has 11 aromatic rings. The Morgan fingerprint density at radius 1 is 0.426 bits per heavy atom. The van der Waals surface area contributed by atoms with Crippen molar-refractivity contribution in [2.24, 2.45) is 0 Å². The zero-order valence-corrected chi connectivity index (χ0v) is 29.8. The first kappa shape index (κ1) is 30.7. The maximum absolute atomic E-state index is 6.60. The number of thiophene rings is 1. The number of fused-ring (bicyclic) bond motifs is 8. The van der Waals surface area contributed by atoms with Gasteiger partial charge in [0.2, 0.25) is 5.89 Å². The molecule has 0 saturated carbocycles. The van der Waals surface area contributed by atoms with Crippen LogP contribution in [-0.2, 0) is 0 Å². The van der Waals surface area contributed by atoms with Crippen molar-refractivity contribution in [1.29, 1.82) is 0 Å². The molecule has 0 N–H and O–H groups in total. The van der Waals surface area contributed by atoms with E-state index in [1.54, 1.807) is 0 Å². The highest BCUT2D eigenvalue weighted by molar-refractivity contribution is 7.25. The van der Waals surface area contributed by atoms with E-state index in [-0.39, 0.29) is 0 Å². The molecule has 3 aromatic heterocycles. The van der Waals surface area contributed by atoms with Crippen LogP contribution in [0.4, 0.5) is 17.1 Å². The lowest BCUT2D eigenvalue weighted by Crippen LogP contribution is -2.09. The largest absolute Gasteiger partial charge is 0.455 e. The molecular formula is C49H30N2O2S. The maximum atomic E-state index is 6.60. The number of nitrogens with zero attached hydrogens (tertiary/aromatic N) is 2. The molecule has 0 radical (unpaired) electrons. The van der Waals surface area contributed by atoms with Gasteiger partial charge >= 0.3 is 0 Å². The highest BCUT2D eigenvalue weighted by Gasteiger charge is 2.22. The number of hydrogen-bond acceptors (Lipinski definition) is 5. The van der Waals surface area contributed by atoms with Crippen LogP contribution < -0.4 is 4.90 Å². The average molecular weight is 711 g/mol. The topological polar surface area (TPSA) is 42.4 Å². The lowest BCUT2D eigenvalue weighted by molar-refractivity contribution is 0.622. The number of oxazole rings is 1. The van der Waals surface area contributed by atoms with Crippen LogP contribution in [0, 0.1) is 0 Å². The quantitative estimate of drug-likeness (QED) is 0.172. The van der Waals surface area contributed by atoms with Crippen LogP contribution in [0.5, 0.6) is 0 Å². The lowest BCUT2D eigenvalue weighted by Gasteiger charge is -2.26. The number of furan rings is 1. The summed E-state index contributed by atoms with van der Waals surface area (Å²) in [6.07, 6.45) is 0. The molecule has 254 valence electrons. The second-order valence-electron chi connectivity index (χ2n) is 13.5. The first-order valence-corrected chi connectivity index (χ1v) is 18.8. The fourth-order valence-electron chi connectivity index (χ4n) is 7.71. The minimum absolute atomic E-state index is 0.592. The van der Waals surface area contributed by atoms with Gasteiger partial charge in [-0.1, -0.05) is 109 Å². The number of anilines is 3. The average Bonchev–Trinajstić information content (AvgIpc) is 3.95. The van der Waals surface area contributed by atoms with Crippen LogP contribution in [0.3, 0.4) is 0 Å². The molecule has 0 aliphatic rings. The zero-order chi connectivity index (χ0) is 35.6. The Kier molecular flexibility index (Phi) is 7.00. The van der Waals surface area contributed by atoms with Gasteiger partial charge in [-0.3, -0.25) is 0 Å². The number of hydrogen-bond donors (Lipinski definition) is 0. The van der Waals surface area contributed by atoms with Gasteiger partial charge in [-0.05, 0) is 89.5 Å². The summed E-state index contributed by atoms with van der Waals surface area (Å²) in [5.74, 6) is 0.592. The summed E-state index contributed by atoms with van der Waals surface area (Å²) < 4.78 is 15.7. The van der Waals surface area contributed by atoms with Gasteiger partial charge in [0.15, 0.2) is 5.58 Å². The third kappa shape index (κ3) is 5.01. The maximum Gasteiger partial charge on any atom is 0.227 e. The Bertz CT molecular complexity index is 3140. The van der Waals surface area contributed by atoms with Gasteiger partial charge in [-0.15, -0.1) is 11.3 Å². The Morgan fingerprint density at radius 2 is 1.02 bits per heavy atom. The van der Waals surface area contributed by atoms with Crippen molar-refractivity contribution in [3.8, 4) is 33.7 Å². The van der Waals surface area contributed by atoms with Crippen molar-refractivity contribution in [3.05, 3.63) is 182 Å². The SMILES string of the molecule is c1ccc(-c2ccc(N(c3ccc(-c4cc5nc(-c6ccccc6)oc5c5c4oc4ccccc45)cc3)c3ccc4sc5ccccc5c4c3)cc2)cc1. The van der Waals surface area contributed by atoms with Gasteiger partial charge in [0, 0.05) is 53.7 Å². The Labute approximate surface area is 314 Å². The van der Waals surface area contributed by atoms with E-state index in [0.717, 1.165) is 66.8 Å². The smallest absolute Gasteiger partial charge is 0.227 e. The van der Waals surface area contributed by atoms with Crippen LogP contribution in [0.15, 0.2) is 191 Å². The third-order valence-corrected chi connectivity index (χ3v) is 11.5. The van der Waals surface area contributed by atoms with Crippen molar-refractivity contribution < 1.29 is 8.83 Å². The van der Waals surface area contributed by atoms with Crippen molar-refractivity contribution in [2.45, 2.75) is 0 Å². The zero-order valence-electron chi connectivity index (χ0n) is 28.9. The number of aromatic nitrogens is 1. The molecule has 0 atom stereocenters. The molecule has 8 aromatic carbocycles. The molecule has 0 aliphatic carbocycles. The third-order valence-electron chi connectivity index (χ3n) is 10.3. The van der Waals surface area contributed by atoms with E-state index < -0.39 is 0 Å². The monoisotopic (exact) mass is 710 g/mol. The van der Waals surface area contributed by atoms with Crippen molar-refractivity contribution in [3.63, 3.8) is 0 Å². The predicted molar refractivity (Wildman–Crippen MR) is 225 cm³/mol. The Balaban J connectivity index is 1.06. The van der Waals surface area contributed by atoms with Gasteiger partial charge in [-0.25, -0.2) is 4.98 Å². The van der Waals surface area contributed by atoms with Crippen LogP contribution in [0.25, 0.3) is 86.9 Å². The van der Waals surface area contributed by atoms with Crippen molar-refractivity contribution in [1.82, 2.24) is 4.98 Å². The van der Waals surface area contributed by atoms with E-state index in [9.17, 15) is 0 Å². The van der Waals surface area contributed by atoms with Crippen LogP contribution in [-0.4, -0.2) is 4.98 Å². The van der Waals surface area contributed by atoms with E-state index >= 15 is 0 Å². The number of benzene rings is 8. The van der Waals surface area contributed by atoms with Crippen LogP contribution in [0.2, 0.25) is 0 Å². The first-order valence-electron chi connectivity index (χ1n) is 18.0. The van der Waals surface area contributed by atoms with Crippen LogP contribution in [0.1, 0.15) is 0 Å². The summed E-state index contributed by atoms with van der Waals surface area (Å²) >= 11 is 1.84. The van der Waals surface area contributed by atoms with Gasteiger partial charge in [0.1, 0.15) is 16.7 Å². The van der Waals surface area contributed by atoms with Crippen molar-refractivity contribution >= 4 is 81.6 Å². The normalized spacial score (nSPS) is 11.7. The molecule has 3 heterocycles. The van der Waals surface area contributed by atoms with Crippen LogP contribution >= 0.6 is 11.3 Å². The molecule has 0 saturated heterocycles. The summed E-state index contributed by atoms with van der Waals surface area (Å²) in [4.78, 5) is 7.33. The van der Waals surface area contributed by atoms with E-state index in [1.165, 1.54) is 31.3 Å². The molecule has 4 nitrogen and oxygen atoms in total. The Hall–Kier alpha value is -6.95. The van der Waals surface area contributed by atoms with Crippen molar-refractivity contribution in [2.75, 3.05) is 4.90 Å². The summed E-state index contributed by atoms with van der Waals surface area (Å²) in [5, 5.41) is 4.49. The highest BCUT2D eigenvalue weighted by Crippen LogP contribution is 2.44. The molecule has 54 heavy (non-hydrogen) atoms. The number of para-hydroxylation sites is 1. The second kappa shape index (κ2) is 12.3. The highest BCUT2D eigenvalue weighted by atomic mass is 32.1. The van der Waals surface area contributed by atoms with E-state index in [2.05, 4.69) is 138 Å².